The Morgan fingerprint density at radius 3 is 2.04 bits per heavy atom. The van der Waals surface area contributed by atoms with Crippen molar-refractivity contribution >= 4 is 0 Å². The van der Waals surface area contributed by atoms with E-state index < -0.39 is 12.0 Å². The van der Waals surface area contributed by atoms with Gasteiger partial charge in [-0.15, -0.1) is 0 Å². The Bertz CT molecular complexity index is 927. The van der Waals surface area contributed by atoms with Gasteiger partial charge in [0.25, 0.3) is 0 Å². The second kappa shape index (κ2) is 6.24. The molecule has 1 nitrogen and oxygen atoms in total. The van der Waals surface area contributed by atoms with Gasteiger partial charge in [-0.1, -0.05) is 71.8 Å². The summed E-state index contributed by atoms with van der Waals surface area (Å²) in [6, 6.07) is 20.9. The number of hydrogen-bond donors (Lipinski definition) is 0. The van der Waals surface area contributed by atoms with Gasteiger partial charge in [0.15, 0.2) is 0 Å². The molecular weight excluding hydrogens is 330 g/mol. The molecule has 0 fully saturated rings. The summed E-state index contributed by atoms with van der Waals surface area (Å²) in [5.74, 6) is -0.697. The molecule has 3 aromatic carbocycles. The van der Waals surface area contributed by atoms with Gasteiger partial charge < -0.3 is 4.74 Å². The molecule has 4 rings (SSSR count). The van der Waals surface area contributed by atoms with Gasteiger partial charge in [0, 0.05) is 0 Å². The van der Waals surface area contributed by atoms with Gasteiger partial charge in [-0.25, -0.2) is 0 Å². The van der Waals surface area contributed by atoms with E-state index in [2.05, 4.69) is 0 Å². The van der Waals surface area contributed by atoms with Crippen molar-refractivity contribution in [3.8, 4) is 16.9 Å². The normalized spacial score (nSPS) is 18.1. The first-order valence-electron chi connectivity index (χ1n) is 8.76. The third kappa shape index (κ3) is 3.10. The van der Waals surface area contributed by atoms with Crippen LogP contribution in [0.3, 0.4) is 0 Å². The van der Waals surface area contributed by atoms with E-state index in [0.717, 1.165) is 27.8 Å². The fourth-order valence-electron chi connectivity index (χ4n) is 3.41. The van der Waals surface area contributed by atoms with Crippen molar-refractivity contribution in [1.82, 2.24) is 0 Å². The van der Waals surface area contributed by atoms with Crippen LogP contribution in [0.4, 0.5) is 8.78 Å². The maximum Gasteiger partial charge on any atom is 0.405 e. The first-order valence-corrected chi connectivity index (χ1v) is 8.76. The monoisotopic (exact) mass is 350 g/mol. The molecule has 1 unspecified atom stereocenters. The molecule has 0 N–H and O–H groups in total. The molecule has 1 aliphatic heterocycles. The highest BCUT2D eigenvalue weighted by Gasteiger charge is 2.47. The first kappa shape index (κ1) is 16.8. The number of benzene rings is 3. The Labute approximate surface area is 152 Å². The molecule has 0 saturated carbocycles. The van der Waals surface area contributed by atoms with Gasteiger partial charge in [-0.3, -0.25) is 0 Å². The molecule has 0 saturated heterocycles. The Hall–Kier alpha value is -2.68. The topological polar surface area (TPSA) is 9.23 Å². The van der Waals surface area contributed by atoms with E-state index >= 15 is 0 Å². The lowest BCUT2D eigenvalue weighted by Crippen LogP contribution is -2.38. The van der Waals surface area contributed by atoms with Crippen LogP contribution in [0.15, 0.2) is 66.7 Å². The average molecular weight is 350 g/mol. The van der Waals surface area contributed by atoms with Crippen molar-refractivity contribution in [2.24, 2.45) is 0 Å². The van der Waals surface area contributed by atoms with Gasteiger partial charge in [0.1, 0.15) is 5.75 Å². The molecule has 0 aromatic heterocycles. The predicted molar refractivity (Wildman–Crippen MR) is 99.8 cm³/mol. The Morgan fingerprint density at radius 1 is 0.808 bits per heavy atom. The largest absolute Gasteiger partial charge is 0.432 e. The number of rotatable bonds is 2. The number of fused-ring (bicyclic) bond motifs is 1. The third-order valence-corrected chi connectivity index (χ3v) is 5.01. The molecule has 1 heterocycles. The zero-order chi connectivity index (χ0) is 18.3. The van der Waals surface area contributed by atoms with Crippen LogP contribution in [0.1, 0.15) is 28.2 Å². The van der Waals surface area contributed by atoms with Crippen molar-refractivity contribution in [1.29, 1.82) is 0 Å². The number of halogens is 2. The Morgan fingerprint density at radius 2 is 1.38 bits per heavy atom. The van der Waals surface area contributed by atoms with E-state index in [0.29, 0.717) is 5.56 Å². The van der Waals surface area contributed by atoms with E-state index in [4.69, 9.17) is 4.74 Å². The van der Waals surface area contributed by atoms with Crippen LogP contribution in [0, 0.1) is 13.8 Å². The zero-order valence-electron chi connectivity index (χ0n) is 14.8. The van der Waals surface area contributed by atoms with Crippen LogP contribution < -0.4 is 4.74 Å². The van der Waals surface area contributed by atoms with Gasteiger partial charge in [-0.05, 0) is 48.6 Å². The minimum absolute atomic E-state index is 0.263. The Balaban J connectivity index is 1.69. The smallest absolute Gasteiger partial charge is 0.405 e. The SMILES string of the molecule is Cc1ccc(-c2ccc3c(c2)OC(F)(F)C(c2ccc(C)cc2)C3)cc1. The van der Waals surface area contributed by atoms with E-state index in [9.17, 15) is 8.78 Å². The second-order valence-electron chi connectivity index (χ2n) is 7.02. The van der Waals surface area contributed by atoms with Gasteiger partial charge >= 0.3 is 6.11 Å². The van der Waals surface area contributed by atoms with Gasteiger partial charge in [-0.2, -0.15) is 8.78 Å². The van der Waals surface area contributed by atoms with E-state index in [1.54, 1.807) is 18.2 Å². The highest BCUT2D eigenvalue weighted by atomic mass is 19.3. The molecule has 132 valence electrons. The number of hydrogen-bond acceptors (Lipinski definition) is 1. The van der Waals surface area contributed by atoms with Crippen LogP contribution in [0.5, 0.6) is 5.75 Å². The molecule has 0 aliphatic carbocycles. The molecule has 0 spiro atoms. The highest BCUT2D eigenvalue weighted by molar-refractivity contribution is 5.66. The van der Waals surface area contributed by atoms with Crippen LogP contribution in [0.2, 0.25) is 0 Å². The summed E-state index contributed by atoms with van der Waals surface area (Å²) in [5.41, 5.74) is 5.51. The van der Waals surface area contributed by atoms with Crippen LogP contribution in [-0.4, -0.2) is 6.11 Å². The minimum Gasteiger partial charge on any atom is -0.432 e. The number of ether oxygens (including phenoxy) is 1. The standard InChI is InChI=1S/C23H20F2O/c1-15-3-7-17(8-4-15)19-11-12-20-13-21(18-9-5-16(2)6-10-18)23(24,25)26-22(20)14-19/h3-12,14,21H,13H2,1-2H3. The predicted octanol–water partition coefficient (Wildman–Crippen LogP) is 6.28. The lowest BCUT2D eigenvalue weighted by molar-refractivity contribution is -0.201. The summed E-state index contributed by atoms with van der Waals surface area (Å²) >= 11 is 0. The highest BCUT2D eigenvalue weighted by Crippen LogP contribution is 2.45. The summed E-state index contributed by atoms with van der Waals surface area (Å²) in [6.45, 7) is 3.96. The number of aryl methyl sites for hydroxylation is 2. The molecule has 1 atom stereocenters. The zero-order valence-corrected chi connectivity index (χ0v) is 14.8. The molecule has 0 bridgehead atoms. The average Bonchev–Trinajstić information content (AvgIpc) is 2.61. The van der Waals surface area contributed by atoms with Crippen molar-refractivity contribution in [2.45, 2.75) is 32.3 Å². The van der Waals surface area contributed by atoms with E-state index in [-0.39, 0.29) is 12.2 Å². The van der Waals surface area contributed by atoms with Gasteiger partial charge in [0.05, 0.1) is 5.92 Å². The summed E-state index contributed by atoms with van der Waals surface area (Å²) < 4.78 is 34.6. The van der Waals surface area contributed by atoms with Crippen molar-refractivity contribution in [3.63, 3.8) is 0 Å². The lowest BCUT2D eigenvalue weighted by Gasteiger charge is -2.33. The Kier molecular flexibility index (Phi) is 4.03. The molecular formula is C23H20F2O. The van der Waals surface area contributed by atoms with E-state index in [1.807, 2.05) is 62.4 Å². The molecule has 3 aromatic rings. The second-order valence-corrected chi connectivity index (χ2v) is 7.02. The van der Waals surface area contributed by atoms with Crippen LogP contribution in [0.25, 0.3) is 11.1 Å². The molecule has 3 heteroatoms. The molecule has 26 heavy (non-hydrogen) atoms. The summed E-state index contributed by atoms with van der Waals surface area (Å²) in [5, 5.41) is 0. The molecule has 0 amide bonds. The number of alkyl halides is 2. The maximum absolute atomic E-state index is 14.7. The van der Waals surface area contributed by atoms with Crippen LogP contribution in [-0.2, 0) is 6.42 Å². The maximum atomic E-state index is 14.7. The van der Waals surface area contributed by atoms with Crippen molar-refractivity contribution in [2.75, 3.05) is 0 Å². The third-order valence-electron chi connectivity index (χ3n) is 5.01. The molecule has 1 aliphatic rings. The lowest BCUT2D eigenvalue weighted by atomic mass is 9.87. The summed E-state index contributed by atoms with van der Waals surface area (Å²) in [6.07, 6.45) is -2.96. The fourth-order valence-corrected chi connectivity index (χ4v) is 3.41. The summed E-state index contributed by atoms with van der Waals surface area (Å²) in [4.78, 5) is 0. The van der Waals surface area contributed by atoms with E-state index in [1.165, 1.54) is 0 Å². The first-order chi connectivity index (χ1) is 12.4. The van der Waals surface area contributed by atoms with Gasteiger partial charge in [0.2, 0.25) is 0 Å². The van der Waals surface area contributed by atoms with Crippen LogP contribution >= 0.6 is 0 Å². The fraction of sp³-hybridized carbons (Fsp3) is 0.217. The molecule has 0 radical (unpaired) electrons. The quantitative estimate of drug-likeness (QED) is 0.528. The minimum atomic E-state index is -3.23. The summed E-state index contributed by atoms with van der Waals surface area (Å²) in [7, 11) is 0. The van der Waals surface area contributed by atoms with Crippen molar-refractivity contribution < 1.29 is 13.5 Å². The van der Waals surface area contributed by atoms with Crippen molar-refractivity contribution in [3.05, 3.63) is 89.0 Å².